The van der Waals surface area contributed by atoms with E-state index in [0.29, 0.717) is 0 Å². The molecule has 19 heavy (non-hydrogen) atoms. The zero-order valence-electron chi connectivity index (χ0n) is 10.6. The highest BCUT2D eigenvalue weighted by Gasteiger charge is 2.10. The normalized spacial score (nSPS) is 12.2. The maximum atomic E-state index is 6.26. The van der Waals surface area contributed by atoms with E-state index >= 15 is 0 Å². The van der Waals surface area contributed by atoms with E-state index in [1.807, 2.05) is 30.3 Å². The van der Waals surface area contributed by atoms with E-state index in [4.69, 9.17) is 10.5 Å². The monoisotopic (exact) mass is 383 g/mol. The number of rotatable bonds is 4. The molecule has 0 fully saturated rings. The zero-order valence-corrected chi connectivity index (χ0v) is 13.7. The van der Waals surface area contributed by atoms with Crippen molar-refractivity contribution >= 4 is 31.9 Å². The lowest BCUT2D eigenvalue weighted by molar-refractivity contribution is 0.412. The first-order valence-electron chi connectivity index (χ1n) is 5.93. The van der Waals surface area contributed by atoms with E-state index in [9.17, 15) is 0 Å². The topological polar surface area (TPSA) is 35.2 Å². The summed E-state index contributed by atoms with van der Waals surface area (Å²) in [4.78, 5) is 0. The van der Waals surface area contributed by atoms with Crippen molar-refractivity contribution in [3.63, 3.8) is 0 Å². The first kappa shape index (κ1) is 14.6. The van der Waals surface area contributed by atoms with Gasteiger partial charge in [0.15, 0.2) is 0 Å². The van der Waals surface area contributed by atoms with Gasteiger partial charge in [-0.25, -0.2) is 0 Å². The molecule has 1 atom stereocenters. The van der Waals surface area contributed by atoms with Crippen molar-refractivity contribution in [3.05, 3.63) is 62.5 Å². The second-order valence-corrected chi connectivity index (χ2v) is 6.10. The fraction of sp³-hybridized carbons (Fsp3) is 0.200. The Kier molecular flexibility index (Phi) is 5.02. The quantitative estimate of drug-likeness (QED) is 0.844. The first-order valence-corrected chi connectivity index (χ1v) is 7.52. The molecule has 2 rings (SSSR count). The summed E-state index contributed by atoms with van der Waals surface area (Å²) in [5.74, 6) is 0.818. The minimum Gasteiger partial charge on any atom is -0.496 e. The largest absolute Gasteiger partial charge is 0.496 e. The fourth-order valence-corrected chi connectivity index (χ4v) is 2.95. The fourth-order valence-electron chi connectivity index (χ4n) is 1.95. The van der Waals surface area contributed by atoms with Crippen LogP contribution in [-0.2, 0) is 6.42 Å². The van der Waals surface area contributed by atoms with Crippen molar-refractivity contribution in [2.75, 3.05) is 7.11 Å². The number of methoxy groups -OCH3 is 1. The molecule has 2 aromatic rings. The van der Waals surface area contributed by atoms with Crippen LogP contribution in [0, 0.1) is 0 Å². The highest BCUT2D eigenvalue weighted by Crippen LogP contribution is 2.28. The average molecular weight is 385 g/mol. The summed E-state index contributed by atoms with van der Waals surface area (Å²) in [5, 5.41) is 0. The van der Waals surface area contributed by atoms with Crippen molar-refractivity contribution < 1.29 is 4.74 Å². The molecular formula is C15H15Br2NO. The van der Waals surface area contributed by atoms with Crippen LogP contribution in [0.2, 0.25) is 0 Å². The summed E-state index contributed by atoms with van der Waals surface area (Å²) < 4.78 is 7.22. The lowest BCUT2D eigenvalue weighted by atomic mass is 10.00. The molecule has 2 aromatic carbocycles. The number of hydrogen-bond acceptors (Lipinski definition) is 2. The van der Waals surface area contributed by atoms with E-state index in [-0.39, 0.29) is 6.04 Å². The summed E-state index contributed by atoms with van der Waals surface area (Å²) >= 11 is 6.96. The van der Waals surface area contributed by atoms with Crippen molar-refractivity contribution in [2.24, 2.45) is 5.73 Å². The minimum absolute atomic E-state index is 0.0310. The Labute approximate surface area is 130 Å². The summed E-state index contributed by atoms with van der Waals surface area (Å²) in [7, 11) is 1.65. The molecule has 0 saturated carbocycles. The van der Waals surface area contributed by atoms with Crippen molar-refractivity contribution in [2.45, 2.75) is 12.5 Å². The average Bonchev–Trinajstić information content (AvgIpc) is 2.38. The Morgan fingerprint density at radius 2 is 1.95 bits per heavy atom. The van der Waals surface area contributed by atoms with E-state index < -0.39 is 0 Å². The number of ether oxygens (including phenoxy) is 1. The van der Waals surface area contributed by atoms with Gasteiger partial charge in [-0.2, -0.15) is 0 Å². The van der Waals surface area contributed by atoms with Gasteiger partial charge in [-0.05, 0) is 57.7 Å². The molecule has 0 aliphatic heterocycles. The van der Waals surface area contributed by atoms with Crippen LogP contribution in [0.4, 0.5) is 0 Å². The zero-order chi connectivity index (χ0) is 13.8. The number of hydrogen-bond donors (Lipinski definition) is 1. The second-order valence-electron chi connectivity index (χ2n) is 4.33. The molecule has 4 heteroatoms. The van der Waals surface area contributed by atoms with Crippen LogP contribution in [0.3, 0.4) is 0 Å². The van der Waals surface area contributed by atoms with Crippen molar-refractivity contribution in [1.29, 1.82) is 0 Å². The number of halogens is 2. The molecule has 0 aromatic heterocycles. The number of nitrogens with two attached hydrogens (primary N) is 1. The third-order valence-electron chi connectivity index (χ3n) is 2.95. The predicted molar refractivity (Wildman–Crippen MR) is 85.5 cm³/mol. The minimum atomic E-state index is -0.0310. The third kappa shape index (κ3) is 3.81. The van der Waals surface area contributed by atoms with E-state index in [1.165, 1.54) is 5.56 Å². The Morgan fingerprint density at radius 1 is 1.16 bits per heavy atom. The molecule has 0 bridgehead atoms. The van der Waals surface area contributed by atoms with Gasteiger partial charge in [-0.1, -0.05) is 34.1 Å². The van der Waals surface area contributed by atoms with Crippen LogP contribution >= 0.6 is 31.9 Å². The van der Waals surface area contributed by atoms with Gasteiger partial charge >= 0.3 is 0 Å². The van der Waals surface area contributed by atoms with Crippen molar-refractivity contribution in [3.8, 4) is 5.75 Å². The summed E-state index contributed by atoms with van der Waals surface area (Å²) in [6, 6.07) is 14.1. The van der Waals surface area contributed by atoms with Gasteiger partial charge in [0.25, 0.3) is 0 Å². The smallest absolute Gasteiger partial charge is 0.133 e. The molecule has 0 aliphatic rings. The molecule has 1 unspecified atom stereocenters. The predicted octanol–water partition coefficient (Wildman–Crippen LogP) is 4.46. The van der Waals surface area contributed by atoms with Gasteiger partial charge in [-0.15, -0.1) is 0 Å². The molecule has 0 amide bonds. The highest BCUT2D eigenvalue weighted by atomic mass is 79.9. The van der Waals surface area contributed by atoms with Crippen LogP contribution in [0.5, 0.6) is 5.75 Å². The van der Waals surface area contributed by atoms with Gasteiger partial charge < -0.3 is 10.5 Å². The van der Waals surface area contributed by atoms with E-state index in [1.54, 1.807) is 7.11 Å². The molecule has 2 N–H and O–H groups in total. The van der Waals surface area contributed by atoms with E-state index in [2.05, 4.69) is 44.0 Å². The molecule has 100 valence electrons. The second kappa shape index (κ2) is 6.55. The van der Waals surface area contributed by atoms with Crippen LogP contribution < -0.4 is 10.5 Å². The van der Waals surface area contributed by atoms with Gasteiger partial charge in [-0.3, -0.25) is 0 Å². The Bertz CT molecular complexity index is 572. The standard InChI is InChI=1S/C15H15Br2NO/c1-19-15-6-5-11(9-13(15)17)14(18)8-10-3-2-4-12(16)7-10/h2-7,9,14H,8,18H2,1H3. The summed E-state index contributed by atoms with van der Waals surface area (Å²) in [6.45, 7) is 0. The highest BCUT2D eigenvalue weighted by molar-refractivity contribution is 9.10. The van der Waals surface area contributed by atoms with E-state index in [0.717, 1.165) is 26.7 Å². The molecule has 0 radical (unpaired) electrons. The van der Waals surface area contributed by atoms with Gasteiger partial charge in [0.05, 0.1) is 11.6 Å². The SMILES string of the molecule is COc1ccc(C(N)Cc2cccc(Br)c2)cc1Br. The molecule has 0 saturated heterocycles. The van der Waals surface area contributed by atoms with Gasteiger partial charge in [0.2, 0.25) is 0 Å². The lowest BCUT2D eigenvalue weighted by Crippen LogP contribution is -2.13. The van der Waals surface area contributed by atoms with Crippen LogP contribution in [0.25, 0.3) is 0 Å². The first-order chi connectivity index (χ1) is 9.10. The molecule has 0 heterocycles. The summed E-state index contributed by atoms with van der Waals surface area (Å²) in [6.07, 6.45) is 0.804. The maximum Gasteiger partial charge on any atom is 0.133 e. The van der Waals surface area contributed by atoms with Gasteiger partial charge in [0.1, 0.15) is 5.75 Å². The number of benzene rings is 2. The molecule has 0 spiro atoms. The molecular weight excluding hydrogens is 370 g/mol. The maximum absolute atomic E-state index is 6.26. The molecule has 2 nitrogen and oxygen atoms in total. The van der Waals surface area contributed by atoms with Crippen LogP contribution in [0.1, 0.15) is 17.2 Å². The lowest BCUT2D eigenvalue weighted by Gasteiger charge is -2.14. The Morgan fingerprint density at radius 3 is 2.58 bits per heavy atom. The van der Waals surface area contributed by atoms with Gasteiger partial charge in [0, 0.05) is 10.5 Å². The van der Waals surface area contributed by atoms with Crippen molar-refractivity contribution in [1.82, 2.24) is 0 Å². The third-order valence-corrected chi connectivity index (χ3v) is 4.06. The Balaban J connectivity index is 2.15. The molecule has 0 aliphatic carbocycles. The Hall–Kier alpha value is -0.840. The van der Waals surface area contributed by atoms with Crippen LogP contribution in [0.15, 0.2) is 51.4 Å². The van der Waals surface area contributed by atoms with Crippen LogP contribution in [-0.4, -0.2) is 7.11 Å². The summed E-state index contributed by atoms with van der Waals surface area (Å²) in [5.41, 5.74) is 8.57.